The molecule has 1 rings (SSSR count). The molecule has 0 aliphatic carbocycles. The molecule has 0 N–H and O–H groups in total. The van der Waals surface area contributed by atoms with Crippen LogP contribution in [0, 0.1) is 0 Å². The summed E-state index contributed by atoms with van der Waals surface area (Å²) in [7, 11) is -3.89. The Labute approximate surface area is 119 Å². The largest absolute Gasteiger partial charge is 0.417 e. The van der Waals surface area contributed by atoms with Crippen molar-refractivity contribution in [3.05, 3.63) is 29.8 Å². The van der Waals surface area contributed by atoms with Crippen molar-refractivity contribution in [3.63, 3.8) is 0 Å². The quantitative estimate of drug-likeness (QED) is 0.567. The van der Waals surface area contributed by atoms with Gasteiger partial charge in [0.25, 0.3) is 0 Å². The molecule has 0 bridgehead atoms. The maximum absolute atomic E-state index is 12.8. The minimum atomic E-state index is -4.65. The molecule has 0 saturated carbocycles. The highest BCUT2D eigenvalue weighted by Crippen LogP contribution is 2.34. The maximum Gasteiger partial charge on any atom is 0.417 e. The second-order valence-corrected chi connectivity index (χ2v) is 6.93. The van der Waals surface area contributed by atoms with Gasteiger partial charge in [-0.25, -0.2) is 8.42 Å². The average molecular weight is 359 g/mol. The fourth-order valence-corrected chi connectivity index (χ4v) is 3.65. The van der Waals surface area contributed by atoms with Crippen LogP contribution in [0.15, 0.2) is 29.2 Å². The molecule has 1 aromatic rings. The van der Waals surface area contributed by atoms with E-state index in [0.29, 0.717) is 12.8 Å². The topological polar surface area (TPSA) is 34.1 Å². The fraction of sp³-hybridized carbons (Fsp3) is 0.500. The van der Waals surface area contributed by atoms with Gasteiger partial charge in [-0.15, -0.1) is 0 Å². The Kier molecular flexibility index (Phi) is 5.85. The van der Waals surface area contributed by atoms with E-state index in [4.69, 9.17) is 0 Å². The smallest absolute Gasteiger partial charge is 0.224 e. The molecular weight excluding hydrogens is 345 g/mol. The van der Waals surface area contributed by atoms with Crippen LogP contribution in [0.5, 0.6) is 0 Å². The lowest BCUT2D eigenvalue weighted by molar-refractivity contribution is -0.139. The van der Waals surface area contributed by atoms with Crippen molar-refractivity contribution in [1.82, 2.24) is 0 Å². The van der Waals surface area contributed by atoms with Crippen LogP contribution in [-0.2, 0) is 16.0 Å². The first-order chi connectivity index (χ1) is 8.79. The summed E-state index contributed by atoms with van der Waals surface area (Å²) in [4.78, 5) is -0.624. The van der Waals surface area contributed by atoms with Crippen molar-refractivity contribution < 1.29 is 21.6 Å². The van der Waals surface area contributed by atoms with Crippen LogP contribution in [0.4, 0.5) is 13.2 Å². The summed E-state index contributed by atoms with van der Waals surface area (Å²) in [6.45, 7) is 0. The van der Waals surface area contributed by atoms with Crippen LogP contribution in [0.25, 0.3) is 0 Å². The van der Waals surface area contributed by atoms with E-state index in [9.17, 15) is 21.6 Å². The van der Waals surface area contributed by atoms with Crippen molar-refractivity contribution in [2.75, 3.05) is 11.1 Å². The Bertz CT molecular complexity index is 512. The van der Waals surface area contributed by atoms with Gasteiger partial charge in [0.05, 0.1) is 16.2 Å². The first-order valence-corrected chi connectivity index (χ1v) is 8.51. The molecule has 1 aromatic carbocycles. The lowest BCUT2D eigenvalue weighted by Crippen LogP contribution is -2.15. The monoisotopic (exact) mass is 358 g/mol. The van der Waals surface area contributed by atoms with Crippen molar-refractivity contribution in [2.45, 2.75) is 30.3 Å². The van der Waals surface area contributed by atoms with Gasteiger partial charge in [-0.1, -0.05) is 34.5 Å². The summed E-state index contributed by atoms with van der Waals surface area (Å²) in [6.07, 6.45) is -2.82. The zero-order valence-corrected chi connectivity index (χ0v) is 12.5. The van der Waals surface area contributed by atoms with Gasteiger partial charge in [-0.3, -0.25) is 0 Å². The second-order valence-electron chi connectivity index (χ2n) is 4.06. The standard InChI is InChI=1S/C12H14BrF3O2S/c13-8-4-1-5-9-19(17,18)11-7-3-2-6-10(11)12(14,15)16/h2-3,6-7H,1,4-5,8-9H2. The highest BCUT2D eigenvalue weighted by molar-refractivity contribution is 9.09. The van der Waals surface area contributed by atoms with E-state index in [1.54, 1.807) is 0 Å². The first kappa shape index (κ1) is 16.5. The van der Waals surface area contributed by atoms with Gasteiger partial charge >= 0.3 is 6.18 Å². The van der Waals surface area contributed by atoms with Gasteiger partial charge in [0.2, 0.25) is 0 Å². The number of benzene rings is 1. The molecule has 0 aliphatic heterocycles. The first-order valence-electron chi connectivity index (χ1n) is 5.74. The van der Waals surface area contributed by atoms with E-state index in [1.165, 1.54) is 12.1 Å². The molecule has 0 unspecified atom stereocenters. The second kappa shape index (κ2) is 6.74. The molecular formula is C12H14BrF3O2S. The van der Waals surface area contributed by atoms with E-state index >= 15 is 0 Å². The van der Waals surface area contributed by atoms with E-state index in [-0.39, 0.29) is 5.75 Å². The number of unbranched alkanes of at least 4 members (excludes halogenated alkanes) is 2. The van der Waals surface area contributed by atoms with Crippen molar-refractivity contribution in [2.24, 2.45) is 0 Å². The van der Waals surface area contributed by atoms with Gasteiger partial charge in [0.1, 0.15) is 0 Å². The maximum atomic E-state index is 12.8. The lowest BCUT2D eigenvalue weighted by atomic mass is 10.2. The molecule has 0 radical (unpaired) electrons. The van der Waals surface area contributed by atoms with Crippen LogP contribution in [-0.4, -0.2) is 19.5 Å². The molecule has 19 heavy (non-hydrogen) atoms. The SMILES string of the molecule is O=S(=O)(CCCCCBr)c1ccccc1C(F)(F)F. The molecule has 0 atom stereocenters. The van der Waals surface area contributed by atoms with Crippen LogP contribution < -0.4 is 0 Å². The minimum absolute atomic E-state index is 0.257. The molecule has 108 valence electrons. The number of hydrogen-bond donors (Lipinski definition) is 0. The Morgan fingerprint density at radius 2 is 1.68 bits per heavy atom. The number of rotatable bonds is 6. The minimum Gasteiger partial charge on any atom is -0.224 e. The predicted octanol–water partition coefficient (Wildman–Crippen LogP) is 4.04. The Morgan fingerprint density at radius 1 is 1.05 bits per heavy atom. The molecule has 0 spiro atoms. The van der Waals surface area contributed by atoms with Crippen LogP contribution in [0.2, 0.25) is 0 Å². The fourth-order valence-electron chi connectivity index (χ4n) is 1.65. The van der Waals surface area contributed by atoms with Crippen molar-refractivity contribution >= 4 is 25.8 Å². The predicted molar refractivity (Wildman–Crippen MR) is 71.1 cm³/mol. The van der Waals surface area contributed by atoms with Crippen molar-refractivity contribution in [3.8, 4) is 0 Å². The average Bonchev–Trinajstić information content (AvgIpc) is 2.34. The van der Waals surface area contributed by atoms with Crippen molar-refractivity contribution in [1.29, 1.82) is 0 Å². The molecule has 7 heteroatoms. The Hall–Kier alpha value is -0.560. The molecule has 2 nitrogen and oxygen atoms in total. The lowest BCUT2D eigenvalue weighted by Gasteiger charge is -2.12. The normalized spacial score (nSPS) is 12.6. The zero-order chi connectivity index (χ0) is 14.5. The van der Waals surface area contributed by atoms with Gasteiger partial charge in [-0.2, -0.15) is 13.2 Å². The van der Waals surface area contributed by atoms with Gasteiger partial charge < -0.3 is 0 Å². The molecule has 0 fully saturated rings. The van der Waals surface area contributed by atoms with E-state index in [1.807, 2.05) is 0 Å². The van der Waals surface area contributed by atoms with Gasteiger partial charge in [0.15, 0.2) is 9.84 Å². The summed E-state index contributed by atoms with van der Waals surface area (Å²) < 4.78 is 62.2. The Balaban J connectivity index is 2.96. The number of halogens is 4. The molecule has 0 aromatic heterocycles. The third kappa shape index (κ3) is 4.80. The number of hydrogen-bond acceptors (Lipinski definition) is 2. The zero-order valence-electron chi connectivity index (χ0n) is 10.1. The number of sulfone groups is 1. The van der Waals surface area contributed by atoms with E-state index < -0.39 is 26.5 Å². The molecule has 0 heterocycles. The summed E-state index contributed by atoms with van der Waals surface area (Å²) >= 11 is 3.21. The van der Waals surface area contributed by atoms with Crippen LogP contribution in [0.1, 0.15) is 24.8 Å². The summed E-state index contributed by atoms with van der Waals surface area (Å²) in [5, 5.41) is 0.756. The summed E-state index contributed by atoms with van der Waals surface area (Å²) in [5.41, 5.74) is -1.09. The van der Waals surface area contributed by atoms with Crippen LogP contribution >= 0.6 is 15.9 Å². The summed E-state index contributed by atoms with van der Waals surface area (Å²) in [6, 6.07) is 4.31. The number of alkyl halides is 4. The van der Waals surface area contributed by atoms with Gasteiger partial charge in [0, 0.05) is 5.33 Å². The van der Waals surface area contributed by atoms with Gasteiger partial charge in [-0.05, 0) is 25.0 Å². The highest BCUT2D eigenvalue weighted by atomic mass is 79.9. The van der Waals surface area contributed by atoms with Crippen LogP contribution in [0.3, 0.4) is 0 Å². The highest BCUT2D eigenvalue weighted by Gasteiger charge is 2.36. The summed E-state index contributed by atoms with van der Waals surface area (Å²) in [5.74, 6) is -0.257. The molecule has 0 saturated heterocycles. The van der Waals surface area contributed by atoms with E-state index in [0.717, 1.165) is 23.9 Å². The third-order valence-corrected chi connectivity index (χ3v) is 4.99. The molecule has 0 aliphatic rings. The molecule has 0 amide bonds. The third-order valence-electron chi connectivity index (χ3n) is 2.57. The Morgan fingerprint density at radius 3 is 2.26 bits per heavy atom. The van der Waals surface area contributed by atoms with E-state index in [2.05, 4.69) is 15.9 Å².